The number of carboxylic acids is 1. The van der Waals surface area contributed by atoms with E-state index in [9.17, 15) is 18.0 Å². The number of amides is 1. The van der Waals surface area contributed by atoms with Crippen LogP contribution in [0.25, 0.3) is 0 Å². The van der Waals surface area contributed by atoms with E-state index in [1.54, 1.807) is 0 Å². The summed E-state index contributed by atoms with van der Waals surface area (Å²) in [4.78, 5) is 22.4. The topological polar surface area (TPSA) is 131 Å². The van der Waals surface area contributed by atoms with Crippen molar-refractivity contribution in [3.63, 3.8) is 0 Å². The average Bonchev–Trinajstić information content (AvgIpc) is 3.04. The monoisotopic (exact) mass is 378 g/mol. The third kappa shape index (κ3) is 4.74. The van der Waals surface area contributed by atoms with Gasteiger partial charge in [0, 0.05) is 19.0 Å². The van der Waals surface area contributed by atoms with E-state index in [-0.39, 0.29) is 22.3 Å². The highest BCUT2D eigenvalue weighted by atomic mass is 32.2. The molecule has 0 unspecified atom stereocenters. The second-order valence-corrected chi connectivity index (χ2v) is 7.69. The van der Waals surface area contributed by atoms with E-state index in [4.69, 9.17) is 14.6 Å². The van der Waals surface area contributed by atoms with Gasteiger partial charge in [0.05, 0.1) is 28.5 Å². The summed E-state index contributed by atoms with van der Waals surface area (Å²) < 4.78 is 37.8. The maximum atomic E-state index is 12.5. The van der Waals surface area contributed by atoms with Crippen LogP contribution in [0.1, 0.15) is 16.1 Å². The maximum absolute atomic E-state index is 12.5. The molecule has 0 bridgehead atoms. The van der Waals surface area contributed by atoms with Crippen molar-refractivity contribution in [3.05, 3.63) is 16.3 Å². The molecule has 0 aliphatic carbocycles. The van der Waals surface area contributed by atoms with Crippen molar-refractivity contribution < 1.29 is 32.6 Å². The lowest BCUT2D eigenvalue weighted by Crippen LogP contribution is -2.50. The third-order valence-electron chi connectivity index (χ3n) is 3.37. The summed E-state index contributed by atoms with van der Waals surface area (Å²) in [6, 6.07) is 0.685. The van der Waals surface area contributed by atoms with Gasteiger partial charge < -0.3 is 19.9 Å². The SMILES string of the molecule is CNC(=O)c1cc(S(=O)(=O)N[C@@H]2CCOC[C@H]2OCC(=O)O)cs1. The molecule has 2 heterocycles. The summed E-state index contributed by atoms with van der Waals surface area (Å²) in [6.45, 7) is -0.0909. The van der Waals surface area contributed by atoms with Crippen LogP contribution >= 0.6 is 11.3 Å². The van der Waals surface area contributed by atoms with Crippen LogP contribution in [0.3, 0.4) is 0 Å². The molecule has 11 heteroatoms. The molecule has 0 saturated carbocycles. The first-order valence-electron chi connectivity index (χ1n) is 7.07. The molecule has 2 rings (SSSR count). The van der Waals surface area contributed by atoms with Crippen molar-refractivity contribution in [1.29, 1.82) is 0 Å². The summed E-state index contributed by atoms with van der Waals surface area (Å²) >= 11 is 1.02. The third-order valence-corrected chi connectivity index (χ3v) is 5.92. The number of nitrogens with one attached hydrogen (secondary N) is 2. The Morgan fingerprint density at radius 1 is 1.50 bits per heavy atom. The fraction of sp³-hybridized carbons (Fsp3) is 0.538. The van der Waals surface area contributed by atoms with Gasteiger partial charge >= 0.3 is 5.97 Å². The van der Waals surface area contributed by atoms with Crippen LogP contribution in [0, 0.1) is 0 Å². The molecule has 1 saturated heterocycles. The second kappa shape index (κ2) is 8.03. The lowest BCUT2D eigenvalue weighted by molar-refractivity contribution is -0.148. The summed E-state index contributed by atoms with van der Waals surface area (Å²) in [5.74, 6) is -1.51. The second-order valence-electron chi connectivity index (χ2n) is 5.06. The van der Waals surface area contributed by atoms with E-state index < -0.39 is 34.7 Å². The molecule has 1 aliphatic heterocycles. The first-order valence-corrected chi connectivity index (χ1v) is 9.44. The van der Waals surface area contributed by atoms with Gasteiger partial charge in [-0.1, -0.05) is 0 Å². The van der Waals surface area contributed by atoms with Crippen LogP contribution in [0.15, 0.2) is 16.3 Å². The van der Waals surface area contributed by atoms with Crippen molar-refractivity contribution in [2.75, 3.05) is 26.9 Å². The Labute approximate surface area is 143 Å². The molecular weight excluding hydrogens is 360 g/mol. The molecule has 2 atom stereocenters. The van der Waals surface area contributed by atoms with Gasteiger partial charge in [-0.05, 0) is 12.5 Å². The van der Waals surface area contributed by atoms with Crippen molar-refractivity contribution in [2.24, 2.45) is 0 Å². The van der Waals surface area contributed by atoms with Gasteiger partial charge in [-0.2, -0.15) is 0 Å². The fourth-order valence-electron chi connectivity index (χ4n) is 2.16. The first-order chi connectivity index (χ1) is 11.3. The highest BCUT2D eigenvalue weighted by Crippen LogP contribution is 2.21. The lowest BCUT2D eigenvalue weighted by Gasteiger charge is -2.31. The number of carboxylic acid groups (broad SMARTS) is 1. The van der Waals surface area contributed by atoms with Gasteiger partial charge in [0.15, 0.2) is 0 Å². The van der Waals surface area contributed by atoms with E-state index in [2.05, 4.69) is 10.0 Å². The van der Waals surface area contributed by atoms with Crippen molar-refractivity contribution in [3.8, 4) is 0 Å². The fourth-order valence-corrected chi connectivity index (χ4v) is 4.68. The number of sulfonamides is 1. The van der Waals surface area contributed by atoms with Crippen LogP contribution < -0.4 is 10.0 Å². The van der Waals surface area contributed by atoms with Crippen molar-refractivity contribution >= 4 is 33.2 Å². The van der Waals surface area contributed by atoms with Gasteiger partial charge in [0.25, 0.3) is 5.91 Å². The Morgan fingerprint density at radius 3 is 2.92 bits per heavy atom. The number of carbonyl (C=O) groups is 2. The molecule has 9 nitrogen and oxygen atoms in total. The number of thiophene rings is 1. The summed E-state index contributed by atoms with van der Waals surface area (Å²) in [5.41, 5.74) is 0. The van der Waals surface area contributed by atoms with Crippen LogP contribution in [-0.4, -0.2) is 64.4 Å². The average molecular weight is 378 g/mol. The number of hydrogen-bond acceptors (Lipinski definition) is 7. The van der Waals surface area contributed by atoms with Crippen molar-refractivity contribution in [1.82, 2.24) is 10.0 Å². The van der Waals surface area contributed by atoms with Crippen LogP contribution in [0.2, 0.25) is 0 Å². The van der Waals surface area contributed by atoms with Crippen LogP contribution in [-0.2, 0) is 24.3 Å². The Bertz CT molecular complexity index is 701. The minimum Gasteiger partial charge on any atom is -0.480 e. The molecule has 0 aromatic carbocycles. The summed E-state index contributed by atoms with van der Waals surface area (Å²) in [7, 11) is -2.40. The van der Waals surface area contributed by atoms with Gasteiger partial charge in [0.1, 0.15) is 6.61 Å². The van der Waals surface area contributed by atoms with E-state index >= 15 is 0 Å². The standard InChI is InChI=1S/C13H18N2O7S2/c1-14-13(18)11-4-8(7-23-11)24(19,20)15-9-2-3-21-5-10(9)22-6-12(16)17/h4,7,9-10,15H,2-3,5-6H2,1H3,(H,14,18)(H,16,17)/t9-,10-/m1/s1. The minimum atomic E-state index is -3.85. The van der Waals surface area contributed by atoms with Crippen molar-refractivity contribution in [2.45, 2.75) is 23.5 Å². The zero-order valence-electron chi connectivity index (χ0n) is 12.9. The van der Waals surface area contributed by atoms with E-state index in [0.717, 1.165) is 11.3 Å². The Hall–Kier alpha value is -1.53. The Balaban J connectivity index is 2.09. The number of carbonyl (C=O) groups excluding carboxylic acids is 1. The molecule has 0 radical (unpaired) electrons. The number of aliphatic carboxylic acids is 1. The summed E-state index contributed by atoms with van der Waals surface area (Å²) in [5, 5.41) is 12.5. The Kier molecular flexibility index (Phi) is 6.29. The van der Waals surface area contributed by atoms with Gasteiger partial charge in [-0.15, -0.1) is 11.3 Å². The normalized spacial score (nSPS) is 21.4. The van der Waals surface area contributed by atoms with Gasteiger partial charge in [0.2, 0.25) is 10.0 Å². The largest absolute Gasteiger partial charge is 0.480 e. The predicted molar refractivity (Wildman–Crippen MR) is 84.6 cm³/mol. The predicted octanol–water partition coefficient (Wildman–Crippen LogP) is -0.355. The van der Waals surface area contributed by atoms with Gasteiger partial charge in [-0.3, -0.25) is 4.79 Å². The molecule has 1 fully saturated rings. The molecule has 24 heavy (non-hydrogen) atoms. The molecule has 1 aromatic rings. The zero-order valence-corrected chi connectivity index (χ0v) is 14.5. The summed E-state index contributed by atoms with van der Waals surface area (Å²) in [6.07, 6.45) is -0.336. The smallest absolute Gasteiger partial charge is 0.329 e. The van der Waals surface area contributed by atoms with Gasteiger partial charge in [-0.25, -0.2) is 17.9 Å². The Morgan fingerprint density at radius 2 is 2.25 bits per heavy atom. The molecule has 1 amide bonds. The molecule has 134 valence electrons. The maximum Gasteiger partial charge on any atom is 0.329 e. The molecular formula is C13H18N2O7S2. The van der Waals surface area contributed by atoms with E-state index in [0.29, 0.717) is 13.0 Å². The molecule has 1 aromatic heterocycles. The molecule has 3 N–H and O–H groups in total. The zero-order chi connectivity index (χ0) is 17.7. The van der Waals surface area contributed by atoms with Crippen LogP contribution in [0.4, 0.5) is 0 Å². The number of rotatable bonds is 7. The van der Waals surface area contributed by atoms with E-state index in [1.165, 1.54) is 18.5 Å². The highest BCUT2D eigenvalue weighted by molar-refractivity contribution is 7.89. The number of ether oxygens (including phenoxy) is 2. The highest BCUT2D eigenvalue weighted by Gasteiger charge is 2.32. The lowest BCUT2D eigenvalue weighted by atomic mass is 10.1. The number of hydrogen-bond donors (Lipinski definition) is 3. The first kappa shape index (κ1) is 18.8. The van der Waals surface area contributed by atoms with E-state index in [1.807, 2.05) is 0 Å². The molecule has 0 spiro atoms. The molecule has 1 aliphatic rings. The quantitative estimate of drug-likeness (QED) is 0.591. The minimum absolute atomic E-state index is 0.0189. The van der Waals surface area contributed by atoms with Crippen LogP contribution in [0.5, 0.6) is 0 Å².